The van der Waals surface area contributed by atoms with Gasteiger partial charge in [0.15, 0.2) is 0 Å². The van der Waals surface area contributed by atoms with Crippen molar-refractivity contribution >= 4 is 59.1 Å². The average Bonchev–Trinajstić information content (AvgIpc) is 2.90. The second-order valence-electron chi connectivity index (χ2n) is 9.61. The van der Waals surface area contributed by atoms with Gasteiger partial charge in [-0.2, -0.15) is 0 Å². The molecule has 0 aliphatic heterocycles. The van der Waals surface area contributed by atoms with E-state index in [0.717, 1.165) is 13.8 Å². The van der Waals surface area contributed by atoms with Gasteiger partial charge in [-0.3, -0.25) is 43.2 Å². The van der Waals surface area contributed by atoms with Gasteiger partial charge in [0.1, 0.15) is 42.3 Å². The SMILES string of the molecule is COCCOC(=O)CC(N)C(=O)NC(CC(C)=O)C(=O)NC(CC(C)=O)C(=O)NC(CC(=O)O)C(=O)NC(CC(=O)O)C(=O)O. The Hall–Kier alpha value is -4.98. The van der Waals surface area contributed by atoms with E-state index in [0.29, 0.717) is 0 Å². The molecule has 0 heterocycles. The van der Waals surface area contributed by atoms with Gasteiger partial charge < -0.3 is 51.8 Å². The van der Waals surface area contributed by atoms with Crippen LogP contribution in [-0.4, -0.2) is 125 Å². The Labute approximate surface area is 255 Å². The van der Waals surface area contributed by atoms with Crippen LogP contribution >= 0.6 is 0 Å². The van der Waals surface area contributed by atoms with Crippen LogP contribution in [0.25, 0.3) is 0 Å². The maximum atomic E-state index is 13.0. The second kappa shape index (κ2) is 20.1. The standard InChI is InChI=1S/C25H37N5O15/c1-11(31)6-14(27-21(38)13(26)8-20(37)45-5-4-44-3)22(39)28-15(7-12(2)32)23(40)29-16(9-18(33)34)24(41)30-17(25(42)43)10-19(35)36/h13-17H,4-10,26H2,1-3H3,(H,27,38)(H,28,39)(H,29,40)(H,30,41)(H,33,34)(H,35,36)(H,42,43). The maximum absolute atomic E-state index is 13.0. The number of hydrogen-bond donors (Lipinski definition) is 8. The predicted octanol–water partition coefficient (Wildman–Crippen LogP) is -4.18. The van der Waals surface area contributed by atoms with Crippen molar-refractivity contribution in [3.05, 3.63) is 0 Å². The predicted molar refractivity (Wildman–Crippen MR) is 146 cm³/mol. The highest BCUT2D eigenvalue weighted by molar-refractivity contribution is 5.99. The minimum atomic E-state index is -1.99. The van der Waals surface area contributed by atoms with Crippen LogP contribution in [-0.2, 0) is 57.4 Å². The molecule has 0 radical (unpaired) electrons. The molecule has 0 bridgehead atoms. The molecule has 0 aromatic carbocycles. The quantitative estimate of drug-likeness (QED) is 0.0408. The molecule has 0 spiro atoms. The highest BCUT2D eigenvalue weighted by Crippen LogP contribution is 2.04. The van der Waals surface area contributed by atoms with Crippen LogP contribution in [0.4, 0.5) is 0 Å². The summed E-state index contributed by atoms with van der Waals surface area (Å²) in [7, 11) is 1.37. The fourth-order valence-electron chi connectivity index (χ4n) is 3.42. The van der Waals surface area contributed by atoms with Crippen molar-refractivity contribution in [3.63, 3.8) is 0 Å². The number of carboxylic acids is 3. The summed E-state index contributed by atoms with van der Waals surface area (Å²) in [6.45, 7) is 2.06. The molecule has 5 unspecified atom stereocenters. The van der Waals surface area contributed by atoms with E-state index in [1.165, 1.54) is 7.11 Å². The number of carbonyl (C=O) groups excluding carboxylic acids is 7. The summed E-state index contributed by atoms with van der Waals surface area (Å²) >= 11 is 0. The fourth-order valence-corrected chi connectivity index (χ4v) is 3.42. The van der Waals surface area contributed by atoms with Crippen molar-refractivity contribution in [2.45, 2.75) is 76.2 Å². The summed E-state index contributed by atoms with van der Waals surface area (Å²) in [6, 6.07) is -8.98. The van der Waals surface area contributed by atoms with E-state index in [1.54, 1.807) is 5.32 Å². The van der Waals surface area contributed by atoms with E-state index < -0.39 is 121 Å². The van der Waals surface area contributed by atoms with Crippen molar-refractivity contribution in [3.8, 4) is 0 Å². The van der Waals surface area contributed by atoms with E-state index in [2.05, 4.69) is 10.6 Å². The number of nitrogens with two attached hydrogens (primary N) is 1. The number of ketones is 2. The van der Waals surface area contributed by atoms with Gasteiger partial charge in [-0.25, -0.2) is 4.79 Å². The smallest absolute Gasteiger partial charge is 0.326 e. The van der Waals surface area contributed by atoms with Gasteiger partial charge in [0.2, 0.25) is 23.6 Å². The molecular formula is C25H37N5O15. The lowest BCUT2D eigenvalue weighted by molar-refractivity contribution is -0.148. The summed E-state index contributed by atoms with van der Waals surface area (Å²) in [5.41, 5.74) is 5.69. The van der Waals surface area contributed by atoms with Crippen LogP contribution in [0.3, 0.4) is 0 Å². The molecular weight excluding hydrogens is 610 g/mol. The monoisotopic (exact) mass is 647 g/mol. The zero-order chi connectivity index (χ0) is 34.9. The third-order valence-electron chi connectivity index (χ3n) is 5.53. The molecule has 9 N–H and O–H groups in total. The number of nitrogens with one attached hydrogen (secondary N) is 4. The van der Waals surface area contributed by atoms with E-state index in [4.69, 9.17) is 25.4 Å². The number of carboxylic acid groups (broad SMARTS) is 3. The molecule has 252 valence electrons. The summed E-state index contributed by atoms with van der Waals surface area (Å²) in [5.74, 6) is -12.1. The fraction of sp³-hybridized carbons (Fsp3) is 0.600. The first-order valence-electron chi connectivity index (χ1n) is 13.1. The van der Waals surface area contributed by atoms with Crippen LogP contribution in [0.15, 0.2) is 0 Å². The van der Waals surface area contributed by atoms with Crippen LogP contribution in [0.2, 0.25) is 0 Å². The largest absolute Gasteiger partial charge is 0.481 e. The highest BCUT2D eigenvalue weighted by Gasteiger charge is 2.34. The minimum absolute atomic E-state index is 0.0817. The minimum Gasteiger partial charge on any atom is -0.481 e. The number of methoxy groups -OCH3 is 1. The Morgan fingerprint density at radius 3 is 1.33 bits per heavy atom. The molecule has 4 amide bonds. The Kier molecular flexibility index (Phi) is 17.8. The van der Waals surface area contributed by atoms with E-state index in [1.807, 2.05) is 5.32 Å². The van der Waals surface area contributed by atoms with Crippen molar-refractivity contribution in [2.75, 3.05) is 20.3 Å². The number of ether oxygens (including phenoxy) is 2. The highest BCUT2D eigenvalue weighted by atomic mass is 16.6. The Morgan fingerprint density at radius 1 is 0.578 bits per heavy atom. The van der Waals surface area contributed by atoms with Crippen LogP contribution in [0.5, 0.6) is 0 Å². The number of hydrogen-bond acceptors (Lipinski definition) is 13. The van der Waals surface area contributed by atoms with Crippen molar-refractivity contribution in [1.29, 1.82) is 0 Å². The maximum Gasteiger partial charge on any atom is 0.326 e. The van der Waals surface area contributed by atoms with Crippen molar-refractivity contribution < 1.29 is 72.7 Å². The Balaban J connectivity index is 5.86. The first-order valence-corrected chi connectivity index (χ1v) is 13.1. The molecule has 0 fully saturated rings. The van der Waals surface area contributed by atoms with Crippen LogP contribution < -0.4 is 27.0 Å². The normalized spacial score (nSPS) is 13.9. The van der Waals surface area contributed by atoms with Gasteiger partial charge in [-0.05, 0) is 13.8 Å². The zero-order valence-electron chi connectivity index (χ0n) is 24.7. The molecule has 0 aliphatic rings. The van der Waals surface area contributed by atoms with E-state index in [-0.39, 0.29) is 13.2 Å². The molecule has 0 aliphatic carbocycles. The molecule has 45 heavy (non-hydrogen) atoms. The van der Waals surface area contributed by atoms with Crippen molar-refractivity contribution in [1.82, 2.24) is 21.3 Å². The zero-order valence-corrected chi connectivity index (χ0v) is 24.7. The first-order chi connectivity index (χ1) is 20.9. The average molecular weight is 648 g/mol. The molecule has 20 heteroatoms. The first kappa shape index (κ1) is 40.0. The second-order valence-corrected chi connectivity index (χ2v) is 9.61. The number of carbonyl (C=O) groups is 10. The topological polar surface area (TPSA) is 324 Å². The number of Topliss-reactive ketones (excluding diaryl/α,β-unsaturated/α-hetero) is 2. The number of amides is 4. The van der Waals surface area contributed by atoms with E-state index in [9.17, 15) is 53.1 Å². The number of aliphatic carboxylic acids is 3. The Morgan fingerprint density at radius 2 is 0.956 bits per heavy atom. The Bertz CT molecular complexity index is 1160. The summed E-state index contributed by atoms with van der Waals surface area (Å²) in [6.07, 6.45) is -4.15. The third-order valence-corrected chi connectivity index (χ3v) is 5.53. The number of rotatable bonds is 22. The van der Waals surface area contributed by atoms with Gasteiger partial charge >= 0.3 is 23.9 Å². The molecule has 0 saturated heterocycles. The van der Waals surface area contributed by atoms with Gasteiger partial charge in [0.25, 0.3) is 0 Å². The van der Waals surface area contributed by atoms with Gasteiger partial charge in [0.05, 0.1) is 31.9 Å². The molecule has 5 atom stereocenters. The van der Waals surface area contributed by atoms with Crippen LogP contribution in [0.1, 0.15) is 46.0 Å². The lowest BCUT2D eigenvalue weighted by Gasteiger charge is -2.25. The van der Waals surface area contributed by atoms with Gasteiger partial charge in [0, 0.05) is 20.0 Å². The summed E-state index contributed by atoms with van der Waals surface area (Å²) < 4.78 is 9.52. The van der Waals surface area contributed by atoms with Crippen LogP contribution in [0, 0.1) is 0 Å². The lowest BCUT2D eigenvalue weighted by atomic mass is 10.1. The van der Waals surface area contributed by atoms with E-state index >= 15 is 0 Å². The van der Waals surface area contributed by atoms with Crippen molar-refractivity contribution in [2.24, 2.45) is 5.73 Å². The molecule has 0 aromatic rings. The lowest BCUT2D eigenvalue weighted by Crippen LogP contribution is -2.59. The molecule has 0 aromatic heterocycles. The molecule has 0 saturated carbocycles. The third kappa shape index (κ3) is 17.0. The molecule has 20 nitrogen and oxygen atoms in total. The number of esters is 1. The summed E-state index contributed by atoms with van der Waals surface area (Å²) in [5, 5.41) is 35.2. The molecule has 0 rings (SSSR count). The van der Waals surface area contributed by atoms with Gasteiger partial charge in [-0.1, -0.05) is 0 Å². The summed E-state index contributed by atoms with van der Waals surface area (Å²) in [4.78, 5) is 120. The van der Waals surface area contributed by atoms with Gasteiger partial charge in [-0.15, -0.1) is 0 Å².